The highest BCUT2D eigenvalue weighted by atomic mass is 79.9. The first-order chi connectivity index (χ1) is 3.85. The van der Waals surface area contributed by atoms with E-state index in [1.54, 1.807) is 6.92 Å². The minimum Gasteiger partial charge on any atom is -0.392 e. The fourth-order valence-electron chi connectivity index (χ4n) is 0.424. The van der Waals surface area contributed by atoms with Crippen LogP contribution in [0.2, 0.25) is 0 Å². The zero-order chi connectivity index (χ0) is 7.65. The molecule has 0 aromatic carbocycles. The largest absolute Gasteiger partial charge is 0.392 e. The maximum atomic E-state index is 9.05. The molecule has 0 aliphatic rings. The van der Waals surface area contributed by atoms with Gasteiger partial charge in [0.15, 0.2) is 0 Å². The first-order valence-corrected chi connectivity index (χ1v) is 5.06. The normalized spacial score (nSPS) is 19.3. The second kappa shape index (κ2) is 3.69. The molecule has 4 heteroatoms. The molecule has 0 heterocycles. The summed E-state index contributed by atoms with van der Waals surface area (Å²) in [5.41, 5.74) is 0. The molecule has 0 amide bonds. The molecule has 0 aromatic rings. The molecule has 0 bridgehead atoms. The first-order valence-electron chi connectivity index (χ1n) is 2.55. The van der Waals surface area contributed by atoms with E-state index in [2.05, 4.69) is 47.8 Å². The van der Waals surface area contributed by atoms with E-state index in [4.69, 9.17) is 5.11 Å². The fraction of sp³-hybridized carbons (Fsp3) is 1.00. The molecule has 0 radical (unpaired) electrons. The van der Waals surface area contributed by atoms with Gasteiger partial charge in [-0.2, -0.15) is 0 Å². The van der Waals surface area contributed by atoms with Gasteiger partial charge in [-0.3, -0.25) is 0 Å². The van der Waals surface area contributed by atoms with Crippen molar-refractivity contribution in [3.8, 4) is 0 Å². The monoisotopic (exact) mass is 322 g/mol. The van der Waals surface area contributed by atoms with Crippen LogP contribution in [0.15, 0.2) is 0 Å². The second-order valence-electron chi connectivity index (χ2n) is 2.10. The van der Waals surface area contributed by atoms with Gasteiger partial charge in [0.1, 0.15) is 0 Å². The molecule has 0 saturated carbocycles. The lowest BCUT2D eigenvalue weighted by Crippen LogP contribution is -2.30. The van der Waals surface area contributed by atoms with E-state index < -0.39 is 0 Å². The molecule has 0 spiro atoms. The lowest BCUT2D eigenvalue weighted by molar-refractivity contribution is 0.192. The zero-order valence-electron chi connectivity index (χ0n) is 5.24. The van der Waals surface area contributed by atoms with Crippen LogP contribution in [0, 0.1) is 0 Å². The summed E-state index contributed by atoms with van der Waals surface area (Å²) >= 11 is 10.0. The second-order valence-corrected chi connectivity index (χ2v) is 7.44. The Hall–Kier alpha value is 1.40. The number of aliphatic hydroxyl groups is 1. The lowest BCUT2D eigenvalue weighted by Gasteiger charge is -2.23. The van der Waals surface area contributed by atoms with Crippen LogP contribution < -0.4 is 0 Å². The van der Waals surface area contributed by atoms with Crippen molar-refractivity contribution in [3.05, 3.63) is 0 Å². The topological polar surface area (TPSA) is 20.2 Å². The Bertz CT molecular complexity index is 86.7. The fourth-order valence-corrected chi connectivity index (χ4v) is 1.19. The number of rotatable bonds is 2. The molecule has 0 aliphatic heterocycles. The molecular formula is C5H9Br3O. The van der Waals surface area contributed by atoms with Gasteiger partial charge in [-0.25, -0.2) is 0 Å². The summed E-state index contributed by atoms with van der Waals surface area (Å²) in [7, 11) is 0. The van der Waals surface area contributed by atoms with Crippen LogP contribution in [0.4, 0.5) is 0 Å². The van der Waals surface area contributed by atoms with E-state index in [9.17, 15) is 0 Å². The average Bonchev–Trinajstić information content (AvgIpc) is 1.62. The maximum Gasteiger partial charge on any atom is 0.0926 e. The van der Waals surface area contributed by atoms with Crippen molar-refractivity contribution in [3.63, 3.8) is 0 Å². The van der Waals surface area contributed by atoms with E-state index in [1.807, 2.05) is 6.92 Å². The van der Waals surface area contributed by atoms with Crippen LogP contribution >= 0.6 is 47.8 Å². The Morgan fingerprint density at radius 1 is 1.44 bits per heavy atom. The molecule has 0 aliphatic carbocycles. The molecule has 1 N–H and O–H groups in total. The van der Waals surface area contributed by atoms with Crippen LogP contribution in [-0.2, 0) is 0 Å². The molecule has 0 rings (SSSR count). The van der Waals surface area contributed by atoms with Gasteiger partial charge in [0.25, 0.3) is 0 Å². The number of hydrogen-bond acceptors (Lipinski definition) is 1. The van der Waals surface area contributed by atoms with Crippen LogP contribution in [0.5, 0.6) is 0 Å². The molecule has 1 nitrogen and oxygen atoms in total. The van der Waals surface area contributed by atoms with Crippen molar-refractivity contribution in [2.24, 2.45) is 0 Å². The maximum absolute atomic E-state index is 9.05. The molecule has 0 saturated heterocycles. The van der Waals surface area contributed by atoms with Gasteiger partial charge >= 0.3 is 0 Å². The Morgan fingerprint density at radius 2 is 1.78 bits per heavy atom. The third-order valence-corrected chi connectivity index (χ3v) is 4.80. The Morgan fingerprint density at radius 3 is 1.78 bits per heavy atom. The molecule has 0 aromatic heterocycles. The van der Waals surface area contributed by atoms with E-state index in [0.717, 1.165) is 0 Å². The smallest absolute Gasteiger partial charge is 0.0926 e. The van der Waals surface area contributed by atoms with Gasteiger partial charge in [-0.1, -0.05) is 47.8 Å². The molecule has 56 valence electrons. The van der Waals surface area contributed by atoms with Crippen molar-refractivity contribution >= 4 is 47.8 Å². The molecule has 2 atom stereocenters. The van der Waals surface area contributed by atoms with Crippen molar-refractivity contribution < 1.29 is 5.11 Å². The summed E-state index contributed by atoms with van der Waals surface area (Å²) in [6, 6.07) is 0. The summed E-state index contributed by atoms with van der Waals surface area (Å²) in [5.74, 6) is 0. The lowest BCUT2D eigenvalue weighted by atomic mass is 10.2. The standard InChI is InChI=1S/C5H9Br3O/c1-3(9)4(6)5(2,7)8/h3-4,9H,1-2H3. The van der Waals surface area contributed by atoms with Crippen LogP contribution in [0.1, 0.15) is 13.8 Å². The van der Waals surface area contributed by atoms with Crippen LogP contribution in [0.3, 0.4) is 0 Å². The van der Waals surface area contributed by atoms with Crippen molar-refractivity contribution in [2.45, 2.75) is 28.0 Å². The van der Waals surface area contributed by atoms with E-state index >= 15 is 0 Å². The van der Waals surface area contributed by atoms with Crippen LogP contribution in [-0.4, -0.2) is 19.3 Å². The summed E-state index contributed by atoms with van der Waals surface area (Å²) in [4.78, 5) is 0.0185. The van der Waals surface area contributed by atoms with E-state index in [1.165, 1.54) is 0 Å². The molecular weight excluding hydrogens is 316 g/mol. The third-order valence-electron chi connectivity index (χ3n) is 0.908. The Kier molecular flexibility index (Phi) is 4.27. The quantitative estimate of drug-likeness (QED) is 0.774. The Labute approximate surface area is 80.6 Å². The van der Waals surface area contributed by atoms with Gasteiger partial charge < -0.3 is 5.11 Å². The summed E-state index contributed by atoms with van der Waals surface area (Å²) in [6.07, 6.45) is -0.367. The predicted octanol–water partition coefficient (Wildman–Crippen LogP) is 2.64. The minimum absolute atomic E-state index is 0.0185. The molecule has 0 fully saturated rings. The minimum atomic E-state index is -0.367. The van der Waals surface area contributed by atoms with Gasteiger partial charge in [-0.05, 0) is 13.8 Å². The highest BCUT2D eigenvalue weighted by Crippen LogP contribution is 2.35. The van der Waals surface area contributed by atoms with Crippen LogP contribution in [0.25, 0.3) is 0 Å². The number of halogens is 3. The Balaban J connectivity index is 3.88. The van der Waals surface area contributed by atoms with Gasteiger partial charge in [-0.15, -0.1) is 0 Å². The number of hydrogen-bond donors (Lipinski definition) is 1. The predicted molar refractivity (Wildman–Crippen MR) is 50.7 cm³/mol. The van der Waals surface area contributed by atoms with E-state index in [0.29, 0.717) is 0 Å². The number of alkyl halides is 3. The van der Waals surface area contributed by atoms with E-state index in [-0.39, 0.29) is 14.2 Å². The highest BCUT2D eigenvalue weighted by Gasteiger charge is 2.29. The highest BCUT2D eigenvalue weighted by molar-refractivity contribution is 9.26. The summed E-state index contributed by atoms with van der Waals surface area (Å²) < 4.78 is -0.228. The SMILES string of the molecule is CC(O)C(Br)C(C)(Br)Br. The molecule has 9 heavy (non-hydrogen) atoms. The summed E-state index contributed by atoms with van der Waals surface area (Å²) in [6.45, 7) is 3.67. The van der Waals surface area contributed by atoms with Gasteiger partial charge in [0.2, 0.25) is 0 Å². The van der Waals surface area contributed by atoms with Gasteiger partial charge in [0, 0.05) is 0 Å². The van der Waals surface area contributed by atoms with Gasteiger partial charge in [0.05, 0.1) is 14.2 Å². The average molecular weight is 325 g/mol. The summed E-state index contributed by atoms with van der Waals surface area (Å²) in [5, 5.41) is 9.05. The third kappa shape index (κ3) is 3.96. The first kappa shape index (κ1) is 10.4. The van der Waals surface area contributed by atoms with Crippen molar-refractivity contribution in [1.82, 2.24) is 0 Å². The van der Waals surface area contributed by atoms with Crippen molar-refractivity contribution in [1.29, 1.82) is 0 Å². The number of aliphatic hydroxyl groups excluding tert-OH is 1. The van der Waals surface area contributed by atoms with Crippen molar-refractivity contribution in [2.75, 3.05) is 0 Å². The zero-order valence-corrected chi connectivity index (χ0v) is 9.99. The molecule has 2 unspecified atom stereocenters.